The Bertz CT molecular complexity index is 486. The van der Waals surface area contributed by atoms with Crippen molar-refractivity contribution in [1.29, 1.82) is 0 Å². The van der Waals surface area contributed by atoms with Gasteiger partial charge in [0.25, 0.3) is 5.91 Å². The van der Waals surface area contributed by atoms with Crippen LogP contribution in [0.15, 0.2) is 18.2 Å². The van der Waals surface area contributed by atoms with Crippen LogP contribution in [0.1, 0.15) is 23.2 Å². The van der Waals surface area contributed by atoms with Gasteiger partial charge >= 0.3 is 0 Å². The van der Waals surface area contributed by atoms with Crippen molar-refractivity contribution in [3.05, 3.63) is 29.6 Å². The molecule has 2 rings (SSSR count). The number of aliphatic hydroxyl groups is 1. The molecule has 1 fully saturated rings. The predicted octanol–water partition coefficient (Wildman–Crippen LogP) is 1.11. The molecule has 1 heterocycles. The number of amides is 1. The molecule has 5 nitrogen and oxygen atoms in total. The van der Waals surface area contributed by atoms with Crippen molar-refractivity contribution in [2.45, 2.75) is 18.4 Å². The van der Waals surface area contributed by atoms with Crippen LogP contribution in [-0.4, -0.2) is 43.5 Å². The topological polar surface area (TPSA) is 67.8 Å². The van der Waals surface area contributed by atoms with E-state index in [1.807, 2.05) is 0 Å². The summed E-state index contributed by atoms with van der Waals surface area (Å²) in [5.41, 5.74) is -0.376. The maximum atomic E-state index is 13.3. The van der Waals surface area contributed by atoms with E-state index in [9.17, 15) is 14.3 Å². The van der Waals surface area contributed by atoms with Gasteiger partial charge in [-0.3, -0.25) is 4.79 Å². The number of methoxy groups -OCH3 is 1. The fourth-order valence-electron chi connectivity index (χ4n) is 2.20. The van der Waals surface area contributed by atoms with E-state index >= 15 is 0 Å². The largest absolute Gasteiger partial charge is 0.494 e. The zero-order chi connectivity index (χ0) is 14.6. The van der Waals surface area contributed by atoms with Crippen LogP contribution in [0.5, 0.6) is 5.75 Å². The molecule has 1 amide bonds. The minimum absolute atomic E-state index is 0.0164. The SMILES string of the molecule is COc1cc(C(=O)NC2(CO)CCOCC2)ccc1F. The van der Waals surface area contributed by atoms with E-state index in [1.165, 1.54) is 25.3 Å². The van der Waals surface area contributed by atoms with E-state index < -0.39 is 11.4 Å². The molecule has 0 radical (unpaired) electrons. The van der Waals surface area contributed by atoms with E-state index in [-0.39, 0.29) is 18.3 Å². The first-order valence-electron chi connectivity index (χ1n) is 6.45. The third-order valence-corrected chi connectivity index (χ3v) is 3.54. The molecule has 0 saturated carbocycles. The smallest absolute Gasteiger partial charge is 0.251 e. The van der Waals surface area contributed by atoms with Crippen LogP contribution in [0.25, 0.3) is 0 Å². The van der Waals surface area contributed by atoms with Crippen molar-refractivity contribution in [2.24, 2.45) is 0 Å². The molecule has 1 aliphatic heterocycles. The van der Waals surface area contributed by atoms with Crippen LogP contribution in [0.4, 0.5) is 4.39 Å². The number of carbonyl (C=O) groups is 1. The van der Waals surface area contributed by atoms with Gasteiger partial charge in [-0.25, -0.2) is 4.39 Å². The number of carbonyl (C=O) groups excluding carboxylic acids is 1. The Kier molecular flexibility index (Phi) is 4.57. The van der Waals surface area contributed by atoms with Gasteiger partial charge in [0.2, 0.25) is 0 Å². The van der Waals surface area contributed by atoms with Gasteiger partial charge in [-0.1, -0.05) is 0 Å². The highest BCUT2D eigenvalue weighted by Crippen LogP contribution is 2.22. The van der Waals surface area contributed by atoms with Crippen molar-refractivity contribution in [2.75, 3.05) is 26.9 Å². The van der Waals surface area contributed by atoms with Gasteiger partial charge in [0.05, 0.1) is 19.3 Å². The van der Waals surface area contributed by atoms with E-state index in [0.717, 1.165) is 0 Å². The Morgan fingerprint density at radius 2 is 2.20 bits per heavy atom. The average molecular weight is 283 g/mol. The normalized spacial score (nSPS) is 17.6. The summed E-state index contributed by atoms with van der Waals surface area (Å²) in [4.78, 5) is 12.2. The number of nitrogens with one attached hydrogen (secondary N) is 1. The summed E-state index contributed by atoms with van der Waals surface area (Å²) < 4.78 is 23.4. The molecule has 0 spiro atoms. The fourth-order valence-corrected chi connectivity index (χ4v) is 2.20. The lowest BCUT2D eigenvalue weighted by atomic mass is 9.90. The molecule has 1 aliphatic rings. The quantitative estimate of drug-likeness (QED) is 0.868. The summed E-state index contributed by atoms with van der Waals surface area (Å²) in [5, 5.41) is 12.3. The first-order valence-corrected chi connectivity index (χ1v) is 6.45. The average Bonchev–Trinajstić information content (AvgIpc) is 2.48. The number of rotatable bonds is 4. The number of hydrogen-bond donors (Lipinski definition) is 2. The molecule has 20 heavy (non-hydrogen) atoms. The van der Waals surface area contributed by atoms with E-state index in [0.29, 0.717) is 31.6 Å². The fraction of sp³-hybridized carbons (Fsp3) is 0.500. The predicted molar refractivity (Wildman–Crippen MR) is 70.3 cm³/mol. The summed E-state index contributed by atoms with van der Waals surface area (Å²) >= 11 is 0. The number of hydrogen-bond acceptors (Lipinski definition) is 4. The third kappa shape index (κ3) is 3.08. The lowest BCUT2D eigenvalue weighted by Crippen LogP contribution is -2.54. The summed E-state index contributed by atoms with van der Waals surface area (Å²) in [6.07, 6.45) is 1.10. The van der Waals surface area contributed by atoms with Gasteiger partial charge in [-0.15, -0.1) is 0 Å². The highest BCUT2D eigenvalue weighted by molar-refractivity contribution is 5.95. The maximum Gasteiger partial charge on any atom is 0.251 e. The van der Waals surface area contributed by atoms with Crippen LogP contribution in [0.3, 0.4) is 0 Å². The molecule has 1 aromatic rings. The lowest BCUT2D eigenvalue weighted by molar-refractivity contribution is 0.0125. The van der Waals surface area contributed by atoms with Crippen molar-refractivity contribution < 1.29 is 23.8 Å². The zero-order valence-electron chi connectivity index (χ0n) is 11.3. The second-order valence-corrected chi connectivity index (χ2v) is 4.85. The highest BCUT2D eigenvalue weighted by Gasteiger charge is 2.33. The number of ether oxygens (including phenoxy) is 2. The maximum absolute atomic E-state index is 13.3. The molecule has 0 unspecified atom stereocenters. The monoisotopic (exact) mass is 283 g/mol. The van der Waals surface area contributed by atoms with Crippen LogP contribution in [0, 0.1) is 5.82 Å². The van der Waals surface area contributed by atoms with E-state index in [1.54, 1.807) is 0 Å². The van der Waals surface area contributed by atoms with Crippen LogP contribution in [0.2, 0.25) is 0 Å². The Morgan fingerprint density at radius 3 is 2.80 bits per heavy atom. The van der Waals surface area contributed by atoms with Crippen LogP contribution in [-0.2, 0) is 4.74 Å². The van der Waals surface area contributed by atoms with Gasteiger partial charge in [-0.05, 0) is 31.0 Å². The summed E-state index contributed by atoms with van der Waals surface area (Å²) in [5.74, 6) is -0.867. The molecule has 2 N–H and O–H groups in total. The molecule has 0 atom stereocenters. The van der Waals surface area contributed by atoms with Crippen molar-refractivity contribution in [3.63, 3.8) is 0 Å². The van der Waals surface area contributed by atoms with Gasteiger partial charge < -0.3 is 19.9 Å². The van der Waals surface area contributed by atoms with E-state index in [2.05, 4.69) is 5.32 Å². The highest BCUT2D eigenvalue weighted by atomic mass is 19.1. The molecule has 110 valence electrons. The third-order valence-electron chi connectivity index (χ3n) is 3.54. The van der Waals surface area contributed by atoms with Crippen molar-refractivity contribution in [1.82, 2.24) is 5.32 Å². The zero-order valence-corrected chi connectivity index (χ0v) is 11.3. The second-order valence-electron chi connectivity index (χ2n) is 4.85. The van der Waals surface area contributed by atoms with Gasteiger partial charge in [0, 0.05) is 18.8 Å². The van der Waals surface area contributed by atoms with Gasteiger partial charge in [0.15, 0.2) is 11.6 Å². The molecule has 1 aromatic carbocycles. The Labute approximate surface area is 116 Å². The summed E-state index contributed by atoms with van der Waals surface area (Å²) in [7, 11) is 1.34. The Balaban J connectivity index is 2.14. The molecule has 0 bridgehead atoms. The summed E-state index contributed by atoms with van der Waals surface area (Å²) in [6, 6.07) is 3.91. The van der Waals surface area contributed by atoms with Gasteiger partial charge in [-0.2, -0.15) is 0 Å². The van der Waals surface area contributed by atoms with Crippen molar-refractivity contribution >= 4 is 5.91 Å². The second kappa shape index (κ2) is 6.19. The molecular formula is C14H18FNO4. The minimum Gasteiger partial charge on any atom is -0.494 e. The Morgan fingerprint density at radius 1 is 1.50 bits per heavy atom. The lowest BCUT2D eigenvalue weighted by Gasteiger charge is -2.36. The molecule has 6 heteroatoms. The minimum atomic E-state index is -0.670. The van der Waals surface area contributed by atoms with E-state index in [4.69, 9.17) is 9.47 Å². The number of aliphatic hydroxyl groups excluding tert-OH is 1. The standard InChI is InChI=1S/C14H18FNO4/c1-19-12-8-10(2-3-11(12)15)13(18)16-14(9-17)4-6-20-7-5-14/h2-3,8,17H,4-7,9H2,1H3,(H,16,18). The van der Waals surface area contributed by atoms with Gasteiger partial charge in [0.1, 0.15) is 0 Å². The van der Waals surface area contributed by atoms with Crippen LogP contribution < -0.4 is 10.1 Å². The summed E-state index contributed by atoms with van der Waals surface area (Å²) in [6.45, 7) is 0.835. The molecule has 0 aromatic heterocycles. The molecule has 0 aliphatic carbocycles. The molecular weight excluding hydrogens is 265 g/mol. The number of halogens is 1. The molecule has 1 saturated heterocycles. The van der Waals surface area contributed by atoms with Crippen molar-refractivity contribution in [3.8, 4) is 5.75 Å². The Hall–Kier alpha value is -1.66. The first kappa shape index (κ1) is 14.7. The first-order chi connectivity index (χ1) is 9.60. The van der Waals surface area contributed by atoms with Crippen LogP contribution >= 0.6 is 0 Å². The number of benzene rings is 1.